The smallest absolute Gasteiger partial charge is 0.331 e. The van der Waals surface area contributed by atoms with E-state index in [4.69, 9.17) is 9.47 Å². The molecular formula is C19H20N2O4S. The lowest BCUT2D eigenvalue weighted by atomic mass is 10.2. The van der Waals surface area contributed by atoms with E-state index in [1.807, 2.05) is 36.6 Å². The molecule has 0 bridgehead atoms. The number of hydrogen-bond donors (Lipinski definition) is 0. The van der Waals surface area contributed by atoms with Gasteiger partial charge in [-0.1, -0.05) is 13.0 Å². The minimum Gasteiger partial charge on any atom is -0.490 e. The summed E-state index contributed by atoms with van der Waals surface area (Å²) < 4.78 is 15.0. The van der Waals surface area contributed by atoms with E-state index in [1.165, 1.54) is 15.9 Å². The molecule has 7 heteroatoms. The van der Waals surface area contributed by atoms with Crippen LogP contribution in [0.15, 0.2) is 39.2 Å². The van der Waals surface area contributed by atoms with Gasteiger partial charge in [0.25, 0.3) is 5.56 Å². The molecule has 0 N–H and O–H groups in total. The van der Waals surface area contributed by atoms with Crippen molar-refractivity contribution in [1.82, 2.24) is 9.13 Å². The van der Waals surface area contributed by atoms with E-state index in [2.05, 4.69) is 0 Å². The maximum Gasteiger partial charge on any atom is 0.331 e. The predicted octanol–water partition coefficient (Wildman–Crippen LogP) is 2.84. The SMILES string of the molecule is CCCn1c(=O)c2sccc2n(Cc2ccc3c(c2)OCCCO3)c1=O. The average Bonchev–Trinajstić information content (AvgIpc) is 3.01. The van der Waals surface area contributed by atoms with Crippen molar-refractivity contribution < 1.29 is 9.47 Å². The van der Waals surface area contributed by atoms with Crippen LogP contribution in [0.5, 0.6) is 11.5 Å². The molecule has 0 fully saturated rings. The molecule has 1 aliphatic rings. The van der Waals surface area contributed by atoms with Gasteiger partial charge in [-0.15, -0.1) is 11.3 Å². The van der Waals surface area contributed by atoms with Gasteiger partial charge in [-0.3, -0.25) is 13.9 Å². The van der Waals surface area contributed by atoms with Crippen LogP contribution in [0.2, 0.25) is 0 Å². The average molecular weight is 372 g/mol. The summed E-state index contributed by atoms with van der Waals surface area (Å²) in [6.45, 7) is 4.02. The van der Waals surface area contributed by atoms with Crippen LogP contribution in [0.4, 0.5) is 0 Å². The highest BCUT2D eigenvalue weighted by Gasteiger charge is 2.16. The number of nitrogens with zero attached hydrogens (tertiary/aromatic N) is 2. The maximum absolute atomic E-state index is 12.9. The van der Waals surface area contributed by atoms with Crippen LogP contribution >= 0.6 is 11.3 Å². The van der Waals surface area contributed by atoms with Gasteiger partial charge >= 0.3 is 5.69 Å². The molecule has 0 atom stereocenters. The third kappa shape index (κ3) is 2.92. The molecule has 6 nitrogen and oxygen atoms in total. The molecule has 136 valence electrons. The summed E-state index contributed by atoms with van der Waals surface area (Å²) in [7, 11) is 0. The Morgan fingerprint density at radius 1 is 1.08 bits per heavy atom. The molecule has 3 aromatic rings. The van der Waals surface area contributed by atoms with Crippen molar-refractivity contribution in [3.63, 3.8) is 0 Å². The summed E-state index contributed by atoms with van der Waals surface area (Å²) in [5, 5.41) is 1.85. The molecule has 26 heavy (non-hydrogen) atoms. The van der Waals surface area contributed by atoms with Crippen molar-refractivity contribution in [1.29, 1.82) is 0 Å². The Bertz CT molecular complexity index is 1060. The van der Waals surface area contributed by atoms with Crippen molar-refractivity contribution in [2.24, 2.45) is 0 Å². The Hall–Kier alpha value is -2.54. The quantitative estimate of drug-likeness (QED) is 0.707. The molecule has 3 heterocycles. The van der Waals surface area contributed by atoms with Crippen molar-refractivity contribution in [3.05, 3.63) is 56.0 Å². The van der Waals surface area contributed by atoms with Crippen molar-refractivity contribution in [3.8, 4) is 11.5 Å². The van der Waals surface area contributed by atoms with Crippen LogP contribution in [0, 0.1) is 0 Å². The van der Waals surface area contributed by atoms with Gasteiger partial charge in [0.1, 0.15) is 4.70 Å². The molecule has 0 spiro atoms. The first-order chi connectivity index (χ1) is 12.7. The second-order valence-corrected chi connectivity index (χ2v) is 7.21. The fourth-order valence-electron chi connectivity index (χ4n) is 3.20. The fraction of sp³-hybridized carbons (Fsp3) is 0.368. The van der Waals surface area contributed by atoms with Crippen LogP contribution < -0.4 is 20.7 Å². The Balaban J connectivity index is 1.80. The fourth-order valence-corrected chi connectivity index (χ4v) is 4.04. The van der Waals surface area contributed by atoms with Gasteiger partial charge in [0.15, 0.2) is 11.5 Å². The summed E-state index contributed by atoms with van der Waals surface area (Å²) in [5.41, 5.74) is 1.15. The lowest BCUT2D eigenvalue weighted by Crippen LogP contribution is -2.39. The van der Waals surface area contributed by atoms with Gasteiger partial charge in [0.2, 0.25) is 0 Å². The van der Waals surface area contributed by atoms with Crippen LogP contribution in [-0.4, -0.2) is 22.3 Å². The molecule has 1 aliphatic heterocycles. The first kappa shape index (κ1) is 16.9. The van der Waals surface area contributed by atoms with Crippen molar-refractivity contribution >= 4 is 21.6 Å². The zero-order valence-corrected chi connectivity index (χ0v) is 15.4. The van der Waals surface area contributed by atoms with Crippen LogP contribution in [0.1, 0.15) is 25.3 Å². The van der Waals surface area contributed by atoms with E-state index in [0.29, 0.717) is 42.3 Å². The summed E-state index contributed by atoms with van der Waals surface area (Å²) in [4.78, 5) is 25.5. The van der Waals surface area contributed by atoms with Gasteiger partial charge in [-0.2, -0.15) is 0 Å². The first-order valence-electron chi connectivity index (χ1n) is 8.78. The van der Waals surface area contributed by atoms with E-state index in [1.54, 1.807) is 4.57 Å². The number of aromatic nitrogens is 2. The molecule has 0 aliphatic carbocycles. The third-order valence-corrected chi connectivity index (χ3v) is 5.33. The minimum atomic E-state index is -0.269. The Morgan fingerprint density at radius 3 is 2.69 bits per heavy atom. The van der Waals surface area contributed by atoms with Crippen LogP contribution in [0.25, 0.3) is 10.2 Å². The normalized spacial score (nSPS) is 13.7. The van der Waals surface area contributed by atoms with Gasteiger partial charge in [0, 0.05) is 13.0 Å². The van der Waals surface area contributed by atoms with Gasteiger partial charge in [0.05, 0.1) is 25.3 Å². The molecule has 0 unspecified atom stereocenters. The number of benzene rings is 1. The third-order valence-electron chi connectivity index (χ3n) is 4.44. The molecule has 0 amide bonds. The van der Waals surface area contributed by atoms with E-state index < -0.39 is 0 Å². The molecule has 0 saturated heterocycles. The number of ether oxygens (including phenoxy) is 2. The minimum absolute atomic E-state index is 0.197. The lowest BCUT2D eigenvalue weighted by Gasteiger charge is -2.13. The zero-order chi connectivity index (χ0) is 18.1. The highest BCUT2D eigenvalue weighted by molar-refractivity contribution is 7.17. The highest BCUT2D eigenvalue weighted by atomic mass is 32.1. The Labute approximate surface area is 154 Å². The number of hydrogen-bond acceptors (Lipinski definition) is 5. The Kier molecular flexibility index (Phi) is 4.55. The summed E-state index contributed by atoms with van der Waals surface area (Å²) in [5.74, 6) is 1.44. The largest absolute Gasteiger partial charge is 0.490 e. The summed E-state index contributed by atoms with van der Waals surface area (Å²) >= 11 is 1.38. The summed E-state index contributed by atoms with van der Waals surface area (Å²) in [6, 6.07) is 7.57. The standard InChI is InChI=1S/C19H20N2O4S/c1-2-7-20-18(22)17-14(6-10-26-17)21(19(20)23)12-13-4-5-15-16(11-13)25-9-3-8-24-15/h4-6,10-11H,2-3,7-9,12H2,1H3. The molecular weight excluding hydrogens is 352 g/mol. The number of thiophene rings is 1. The molecule has 2 aromatic heterocycles. The Morgan fingerprint density at radius 2 is 1.88 bits per heavy atom. The van der Waals surface area contributed by atoms with Crippen LogP contribution in [0.3, 0.4) is 0 Å². The second-order valence-electron chi connectivity index (χ2n) is 6.29. The van der Waals surface area contributed by atoms with E-state index in [0.717, 1.165) is 24.2 Å². The molecule has 1 aromatic carbocycles. The predicted molar refractivity (Wildman–Crippen MR) is 102 cm³/mol. The van der Waals surface area contributed by atoms with E-state index >= 15 is 0 Å². The van der Waals surface area contributed by atoms with Gasteiger partial charge in [-0.05, 0) is 35.6 Å². The van der Waals surface area contributed by atoms with Crippen LogP contribution in [-0.2, 0) is 13.1 Å². The van der Waals surface area contributed by atoms with Gasteiger partial charge in [-0.25, -0.2) is 4.79 Å². The van der Waals surface area contributed by atoms with E-state index in [-0.39, 0.29) is 11.2 Å². The van der Waals surface area contributed by atoms with E-state index in [9.17, 15) is 9.59 Å². The zero-order valence-electron chi connectivity index (χ0n) is 14.6. The van der Waals surface area contributed by atoms with Crippen molar-refractivity contribution in [2.45, 2.75) is 32.9 Å². The molecule has 0 radical (unpaired) electrons. The second kappa shape index (κ2) is 6.99. The summed E-state index contributed by atoms with van der Waals surface area (Å²) in [6.07, 6.45) is 1.58. The number of rotatable bonds is 4. The van der Waals surface area contributed by atoms with Gasteiger partial charge < -0.3 is 9.47 Å². The highest BCUT2D eigenvalue weighted by Crippen LogP contribution is 2.30. The topological polar surface area (TPSA) is 62.5 Å². The molecule has 0 saturated carbocycles. The number of fused-ring (bicyclic) bond motifs is 2. The van der Waals surface area contributed by atoms with Crippen molar-refractivity contribution in [2.75, 3.05) is 13.2 Å². The molecule has 4 rings (SSSR count). The lowest BCUT2D eigenvalue weighted by molar-refractivity contribution is 0.297. The monoisotopic (exact) mass is 372 g/mol. The first-order valence-corrected chi connectivity index (χ1v) is 9.66. The maximum atomic E-state index is 12.9.